The van der Waals surface area contributed by atoms with E-state index in [1.54, 1.807) is 24.3 Å². The molecular weight excluding hydrogens is 342 g/mol. The summed E-state index contributed by atoms with van der Waals surface area (Å²) in [6.07, 6.45) is 1.61. The summed E-state index contributed by atoms with van der Waals surface area (Å²) >= 11 is 6.10. The largest absolute Gasteiger partial charge is 0.465 e. The Morgan fingerprint density at radius 2 is 2.08 bits per heavy atom. The summed E-state index contributed by atoms with van der Waals surface area (Å²) in [5, 5.41) is 22.7. The standard InChI is InChI=1S/C17H14ClN5O2/c18-15-13(4-2-1-3-9-20-17(24)25)11-21-16(23-15)22-14-7-5-12(10-19)6-8-14/h5-8,11,20H,1,3,9H2,(H,24,25)(H,21,22,23). The third kappa shape index (κ3) is 6.02. The summed E-state index contributed by atoms with van der Waals surface area (Å²) in [5.41, 5.74) is 1.80. The fourth-order valence-electron chi connectivity index (χ4n) is 1.79. The zero-order valence-electron chi connectivity index (χ0n) is 13.1. The maximum absolute atomic E-state index is 10.3. The van der Waals surface area contributed by atoms with Gasteiger partial charge in [-0.3, -0.25) is 0 Å². The number of benzene rings is 1. The second kappa shape index (κ2) is 9.11. The normalized spacial score (nSPS) is 9.44. The molecule has 0 fully saturated rings. The molecule has 0 aliphatic rings. The first-order valence-electron chi connectivity index (χ1n) is 7.34. The summed E-state index contributed by atoms with van der Waals surface area (Å²) in [7, 11) is 0. The Morgan fingerprint density at radius 1 is 1.32 bits per heavy atom. The predicted octanol–water partition coefficient (Wildman–Crippen LogP) is 3.14. The topological polar surface area (TPSA) is 111 Å². The van der Waals surface area contributed by atoms with Gasteiger partial charge in [0, 0.05) is 24.8 Å². The first-order chi connectivity index (χ1) is 12.1. The van der Waals surface area contributed by atoms with Gasteiger partial charge in [-0.2, -0.15) is 10.2 Å². The monoisotopic (exact) mass is 355 g/mol. The summed E-state index contributed by atoms with van der Waals surface area (Å²) in [5.74, 6) is 6.09. The van der Waals surface area contributed by atoms with Crippen LogP contribution in [0.4, 0.5) is 16.4 Å². The van der Waals surface area contributed by atoms with Crippen molar-refractivity contribution in [2.75, 3.05) is 11.9 Å². The number of halogens is 1. The lowest BCUT2D eigenvalue weighted by Crippen LogP contribution is -2.21. The first-order valence-corrected chi connectivity index (χ1v) is 7.71. The smallest absolute Gasteiger partial charge is 0.404 e. The van der Waals surface area contributed by atoms with E-state index >= 15 is 0 Å². The zero-order chi connectivity index (χ0) is 18.1. The van der Waals surface area contributed by atoms with Crippen LogP contribution in [0.5, 0.6) is 0 Å². The van der Waals surface area contributed by atoms with Crippen molar-refractivity contribution in [3.8, 4) is 17.9 Å². The minimum atomic E-state index is -1.05. The van der Waals surface area contributed by atoms with Gasteiger partial charge in [0.1, 0.15) is 5.15 Å². The van der Waals surface area contributed by atoms with E-state index in [1.807, 2.05) is 6.07 Å². The Morgan fingerprint density at radius 3 is 2.72 bits per heavy atom. The first kappa shape index (κ1) is 18.1. The maximum Gasteiger partial charge on any atom is 0.404 e. The van der Waals surface area contributed by atoms with Gasteiger partial charge in [-0.25, -0.2) is 9.78 Å². The van der Waals surface area contributed by atoms with Gasteiger partial charge in [-0.1, -0.05) is 23.4 Å². The molecule has 0 atom stereocenters. The number of carbonyl (C=O) groups is 1. The van der Waals surface area contributed by atoms with E-state index in [2.05, 4.69) is 32.4 Å². The number of hydrogen-bond acceptors (Lipinski definition) is 5. The molecule has 0 radical (unpaired) electrons. The Balaban J connectivity index is 1.93. The van der Waals surface area contributed by atoms with Crippen LogP contribution in [0.1, 0.15) is 24.0 Å². The van der Waals surface area contributed by atoms with Gasteiger partial charge in [0.05, 0.1) is 17.2 Å². The highest BCUT2D eigenvalue weighted by molar-refractivity contribution is 6.30. The van der Waals surface area contributed by atoms with Crippen LogP contribution in [-0.2, 0) is 0 Å². The van der Waals surface area contributed by atoms with Crippen LogP contribution >= 0.6 is 11.6 Å². The van der Waals surface area contributed by atoms with E-state index in [0.717, 1.165) is 5.69 Å². The molecule has 8 heteroatoms. The van der Waals surface area contributed by atoms with Crippen LogP contribution in [0.15, 0.2) is 30.5 Å². The Labute approximate surface area is 149 Å². The van der Waals surface area contributed by atoms with E-state index in [-0.39, 0.29) is 5.15 Å². The average Bonchev–Trinajstić information content (AvgIpc) is 2.60. The molecule has 0 bridgehead atoms. The van der Waals surface area contributed by atoms with Crippen molar-refractivity contribution in [2.24, 2.45) is 0 Å². The van der Waals surface area contributed by atoms with Crippen LogP contribution in [0.3, 0.4) is 0 Å². The molecule has 25 heavy (non-hydrogen) atoms. The molecule has 126 valence electrons. The van der Waals surface area contributed by atoms with Crippen molar-refractivity contribution in [3.63, 3.8) is 0 Å². The van der Waals surface area contributed by atoms with Gasteiger partial charge in [0.25, 0.3) is 0 Å². The van der Waals surface area contributed by atoms with E-state index in [9.17, 15) is 4.79 Å². The molecule has 7 nitrogen and oxygen atoms in total. The third-order valence-corrected chi connectivity index (χ3v) is 3.28. The highest BCUT2D eigenvalue weighted by Gasteiger charge is 2.04. The van der Waals surface area contributed by atoms with Crippen LogP contribution in [-0.4, -0.2) is 27.7 Å². The SMILES string of the molecule is N#Cc1ccc(Nc2ncc(C#CCCCNC(=O)O)c(Cl)n2)cc1. The Bertz CT molecular complexity index is 850. The second-order valence-corrected chi connectivity index (χ2v) is 5.21. The molecule has 0 unspecified atom stereocenters. The number of aromatic nitrogens is 2. The summed E-state index contributed by atoms with van der Waals surface area (Å²) in [4.78, 5) is 18.6. The van der Waals surface area contributed by atoms with E-state index in [4.69, 9.17) is 22.0 Å². The number of carboxylic acid groups (broad SMARTS) is 1. The Hall–Kier alpha value is -3.29. The second-order valence-electron chi connectivity index (χ2n) is 4.85. The van der Waals surface area contributed by atoms with Crippen molar-refractivity contribution in [1.82, 2.24) is 15.3 Å². The number of rotatable bonds is 5. The fourth-order valence-corrected chi connectivity index (χ4v) is 1.97. The van der Waals surface area contributed by atoms with E-state index in [0.29, 0.717) is 36.5 Å². The van der Waals surface area contributed by atoms with Gasteiger partial charge in [0.2, 0.25) is 5.95 Å². The zero-order valence-corrected chi connectivity index (χ0v) is 13.8. The fraction of sp³-hybridized carbons (Fsp3) is 0.176. The lowest BCUT2D eigenvalue weighted by molar-refractivity contribution is 0.194. The van der Waals surface area contributed by atoms with E-state index < -0.39 is 6.09 Å². The number of hydrogen-bond donors (Lipinski definition) is 3. The number of nitriles is 1. The van der Waals surface area contributed by atoms with Gasteiger partial charge in [0.15, 0.2) is 0 Å². The van der Waals surface area contributed by atoms with Crippen LogP contribution in [0.2, 0.25) is 5.15 Å². The molecule has 0 aliphatic carbocycles. The van der Waals surface area contributed by atoms with Gasteiger partial charge in [-0.15, -0.1) is 0 Å². The molecule has 1 amide bonds. The van der Waals surface area contributed by atoms with Gasteiger partial charge >= 0.3 is 6.09 Å². The molecule has 0 spiro atoms. The lowest BCUT2D eigenvalue weighted by atomic mass is 10.2. The predicted molar refractivity (Wildman–Crippen MR) is 93.6 cm³/mol. The molecule has 2 aromatic rings. The van der Waals surface area contributed by atoms with Crippen molar-refractivity contribution in [3.05, 3.63) is 46.7 Å². The number of nitrogens with one attached hydrogen (secondary N) is 2. The minimum Gasteiger partial charge on any atom is -0.465 e. The van der Waals surface area contributed by atoms with Crippen molar-refractivity contribution in [2.45, 2.75) is 12.8 Å². The molecule has 1 aromatic carbocycles. The molecular formula is C17H14ClN5O2. The molecule has 0 saturated carbocycles. The van der Waals surface area contributed by atoms with E-state index in [1.165, 1.54) is 6.20 Å². The molecule has 1 aromatic heterocycles. The molecule has 0 saturated heterocycles. The van der Waals surface area contributed by atoms with Crippen molar-refractivity contribution in [1.29, 1.82) is 5.26 Å². The average molecular weight is 356 g/mol. The van der Waals surface area contributed by atoms with Crippen molar-refractivity contribution >= 4 is 29.3 Å². The Kier molecular flexibility index (Phi) is 6.58. The summed E-state index contributed by atoms with van der Waals surface area (Å²) in [6.45, 7) is 0.349. The molecule has 2 rings (SSSR count). The number of anilines is 2. The van der Waals surface area contributed by atoms with Gasteiger partial charge < -0.3 is 15.7 Å². The molecule has 1 heterocycles. The number of amides is 1. The van der Waals surface area contributed by atoms with Gasteiger partial charge in [-0.05, 0) is 30.7 Å². The maximum atomic E-state index is 10.3. The molecule has 3 N–H and O–H groups in total. The quantitative estimate of drug-likeness (QED) is 0.431. The summed E-state index contributed by atoms with van der Waals surface area (Å²) in [6, 6.07) is 8.90. The number of unbranched alkanes of at least 4 members (excludes halogenated alkanes) is 1. The lowest BCUT2D eigenvalue weighted by Gasteiger charge is -2.05. The highest BCUT2D eigenvalue weighted by Crippen LogP contribution is 2.17. The highest BCUT2D eigenvalue weighted by atomic mass is 35.5. The summed E-state index contributed by atoms with van der Waals surface area (Å²) < 4.78 is 0. The molecule has 0 aliphatic heterocycles. The third-order valence-electron chi connectivity index (χ3n) is 2.99. The minimum absolute atomic E-state index is 0.224. The van der Waals surface area contributed by atoms with Crippen molar-refractivity contribution < 1.29 is 9.90 Å². The van der Waals surface area contributed by atoms with Crippen LogP contribution in [0, 0.1) is 23.2 Å². The number of nitrogens with zero attached hydrogens (tertiary/aromatic N) is 3. The van der Waals surface area contributed by atoms with Crippen LogP contribution in [0.25, 0.3) is 0 Å². The van der Waals surface area contributed by atoms with Crippen LogP contribution < -0.4 is 10.6 Å².